The Kier molecular flexibility index (Phi) is 6.75. The van der Waals surface area contributed by atoms with Gasteiger partial charge in [0.15, 0.2) is 0 Å². The summed E-state index contributed by atoms with van der Waals surface area (Å²) >= 11 is 0. The highest BCUT2D eigenvalue weighted by molar-refractivity contribution is 5.92. The van der Waals surface area contributed by atoms with Crippen molar-refractivity contribution >= 4 is 11.9 Å². The molecule has 0 spiro atoms. The number of hydrogen-bond acceptors (Lipinski definition) is 6. The van der Waals surface area contributed by atoms with Crippen molar-refractivity contribution in [3.63, 3.8) is 0 Å². The molecular formula is C19H28N6O2. The summed E-state index contributed by atoms with van der Waals surface area (Å²) in [5, 5.41) is 7.48. The Labute approximate surface area is 159 Å². The molecule has 8 nitrogen and oxygen atoms in total. The molecule has 3 rings (SSSR count). The number of nitrogens with one attached hydrogen (secondary N) is 1. The fourth-order valence-corrected chi connectivity index (χ4v) is 3.39. The quantitative estimate of drug-likeness (QED) is 0.710. The zero-order valence-corrected chi connectivity index (χ0v) is 16.1. The summed E-state index contributed by atoms with van der Waals surface area (Å²) in [6.07, 6.45) is 5.69. The van der Waals surface area contributed by atoms with Crippen molar-refractivity contribution in [1.29, 1.82) is 0 Å². The predicted octanol–water partition coefficient (Wildman–Crippen LogP) is 1.66. The molecule has 1 aliphatic heterocycles. The largest absolute Gasteiger partial charge is 0.380 e. The average Bonchev–Trinajstić information content (AvgIpc) is 3.08. The van der Waals surface area contributed by atoms with Gasteiger partial charge in [0.25, 0.3) is 5.91 Å². The Balaban J connectivity index is 1.54. The van der Waals surface area contributed by atoms with Crippen molar-refractivity contribution in [1.82, 2.24) is 25.1 Å². The third-order valence-electron chi connectivity index (χ3n) is 4.69. The minimum Gasteiger partial charge on any atom is -0.380 e. The molecule has 27 heavy (non-hydrogen) atoms. The highest BCUT2D eigenvalue weighted by Gasteiger charge is 2.23. The molecule has 0 aromatic carbocycles. The van der Waals surface area contributed by atoms with Gasteiger partial charge in [-0.1, -0.05) is 0 Å². The molecule has 1 saturated heterocycles. The summed E-state index contributed by atoms with van der Waals surface area (Å²) in [6.45, 7) is 8.08. The second kappa shape index (κ2) is 9.45. The molecule has 146 valence electrons. The zero-order valence-electron chi connectivity index (χ0n) is 16.1. The molecule has 3 heterocycles. The van der Waals surface area contributed by atoms with Gasteiger partial charge in [0.2, 0.25) is 5.95 Å². The maximum atomic E-state index is 12.7. The first-order chi connectivity index (χ1) is 13.2. The Bertz CT molecular complexity index is 733. The van der Waals surface area contributed by atoms with E-state index in [0.717, 1.165) is 37.6 Å². The van der Waals surface area contributed by atoms with Crippen LogP contribution in [0.3, 0.4) is 0 Å². The molecule has 1 atom stereocenters. The lowest BCUT2D eigenvalue weighted by molar-refractivity contribution is 0.0927. The number of carbonyl (C=O) groups excluding carboxylic acids is 1. The minimum atomic E-state index is -0.0832. The molecule has 0 saturated carbocycles. The molecule has 1 N–H and O–H groups in total. The first-order valence-corrected chi connectivity index (χ1v) is 9.59. The summed E-state index contributed by atoms with van der Waals surface area (Å²) < 4.78 is 7.11. The van der Waals surface area contributed by atoms with Gasteiger partial charge in [-0.2, -0.15) is 5.10 Å². The van der Waals surface area contributed by atoms with Crippen LogP contribution < -0.4 is 10.2 Å². The maximum absolute atomic E-state index is 12.7. The number of aryl methyl sites for hydroxylation is 1. The first-order valence-electron chi connectivity index (χ1n) is 9.59. The molecule has 8 heteroatoms. The molecule has 1 amide bonds. The average molecular weight is 372 g/mol. The van der Waals surface area contributed by atoms with Crippen molar-refractivity contribution in [3.05, 3.63) is 35.9 Å². The SMILES string of the molecule is CCOCCn1nc(C)cc1C(=O)NC[C@H]1CCCN(c2ncccn2)C1. The van der Waals surface area contributed by atoms with E-state index in [1.165, 1.54) is 0 Å². The molecule has 1 aliphatic rings. The summed E-state index contributed by atoms with van der Waals surface area (Å²) in [5.41, 5.74) is 1.42. The molecule has 0 aliphatic carbocycles. The van der Waals surface area contributed by atoms with Gasteiger partial charge < -0.3 is 15.0 Å². The molecular weight excluding hydrogens is 344 g/mol. The lowest BCUT2D eigenvalue weighted by Gasteiger charge is -2.32. The predicted molar refractivity (Wildman–Crippen MR) is 103 cm³/mol. The van der Waals surface area contributed by atoms with Crippen LogP contribution in [0, 0.1) is 12.8 Å². The lowest BCUT2D eigenvalue weighted by atomic mass is 9.98. The van der Waals surface area contributed by atoms with E-state index in [1.807, 2.05) is 26.0 Å². The third kappa shape index (κ3) is 5.26. The number of aromatic nitrogens is 4. The van der Waals surface area contributed by atoms with Crippen molar-refractivity contribution in [2.45, 2.75) is 33.2 Å². The number of hydrogen-bond donors (Lipinski definition) is 1. The fraction of sp³-hybridized carbons (Fsp3) is 0.579. The molecule has 0 unspecified atom stereocenters. The standard InChI is InChI=1S/C19H28N6O2/c1-3-27-11-10-25-17(12-15(2)23-25)18(26)22-13-16-6-4-9-24(14-16)19-20-7-5-8-21-19/h5,7-8,12,16H,3-4,6,9-11,13-14H2,1-2H3,(H,22,26)/t16-/m1/s1. The van der Waals surface area contributed by atoms with E-state index in [1.54, 1.807) is 17.1 Å². The highest BCUT2D eigenvalue weighted by Crippen LogP contribution is 2.19. The Morgan fingerprint density at radius 3 is 2.96 bits per heavy atom. The number of ether oxygens (including phenoxy) is 1. The molecule has 1 fully saturated rings. The smallest absolute Gasteiger partial charge is 0.269 e. The normalized spacial score (nSPS) is 17.1. The molecule has 2 aromatic rings. The molecule has 2 aromatic heterocycles. The summed E-state index contributed by atoms with van der Waals surface area (Å²) in [4.78, 5) is 23.5. The van der Waals surface area contributed by atoms with Gasteiger partial charge in [-0.15, -0.1) is 0 Å². The van der Waals surface area contributed by atoms with Crippen LogP contribution in [-0.4, -0.2) is 58.5 Å². The van der Waals surface area contributed by atoms with Crippen molar-refractivity contribution in [2.24, 2.45) is 5.92 Å². The lowest BCUT2D eigenvalue weighted by Crippen LogP contribution is -2.42. The molecule has 0 bridgehead atoms. The second-order valence-corrected chi connectivity index (χ2v) is 6.80. The highest BCUT2D eigenvalue weighted by atomic mass is 16.5. The Morgan fingerprint density at radius 1 is 1.37 bits per heavy atom. The number of anilines is 1. The van der Waals surface area contributed by atoms with Gasteiger partial charge in [-0.05, 0) is 44.7 Å². The van der Waals surface area contributed by atoms with E-state index >= 15 is 0 Å². The summed E-state index contributed by atoms with van der Waals surface area (Å²) in [6, 6.07) is 3.65. The van der Waals surface area contributed by atoms with E-state index in [0.29, 0.717) is 37.9 Å². The van der Waals surface area contributed by atoms with Crippen LogP contribution in [0.5, 0.6) is 0 Å². The van der Waals surface area contributed by atoms with Crippen LogP contribution in [0.25, 0.3) is 0 Å². The van der Waals surface area contributed by atoms with E-state index in [2.05, 4.69) is 25.3 Å². The van der Waals surface area contributed by atoms with Crippen LogP contribution in [0.1, 0.15) is 35.9 Å². The van der Waals surface area contributed by atoms with E-state index in [9.17, 15) is 4.79 Å². The van der Waals surface area contributed by atoms with Gasteiger partial charge in [-0.3, -0.25) is 9.48 Å². The Hall–Kier alpha value is -2.48. The first kappa shape index (κ1) is 19.3. The number of carbonyl (C=O) groups is 1. The van der Waals surface area contributed by atoms with Crippen LogP contribution >= 0.6 is 0 Å². The molecule has 0 radical (unpaired) electrons. The fourth-order valence-electron chi connectivity index (χ4n) is 3.39. The van der Waals surface area contributed by atoms with E-state index < -0.39 is 0 Å². The maximum Gasteiger partial charge on any atom is 0.269 e. The number of piperidine rings is 1. The summed E-state index contributed by atoms with van der Waals surface area (Å²) in [7, 11) is 0. The van der Waals surface area contributed by atoms with Crippen molar-refractivity contribution in [3.8, 4) is 0 Å². The summed E-state index contributed by atoms with van der Waals surface area (Å²) in [5.74, 6) is 1.06. The van der Waals surface area contributed by atoms with Gasteiger partial charge in [0, 0.05) is 38.6 Å². The van der Waals surface area contributed by atoms with Gasteiger partial charge in [0.05, 0.1) is 18.8 Å². The second-order valence-electron chi connectivity index (χ2n) is 6.80. The number of rotatable bonds is 8. The van der Waals surface area contributed by atoms with E-state index in [-0.39, 0.29) is 5.91 Å². The van der Waals surface area contributed by atoms with Crippen LogP contribution in [-0.2, 0) is 11.3 Å². The van der Waals surface area contributed by atoms with Crippen molar-refractivity contribution in [2.75, 3.05) is 37.7 Å². The van der Waals surface area contributed by atoms with Gasteiger partial charge >= 0.3 is 0 Å². The number of nitrogens with zero attached hydrogens (tertiary/aromatic N) is 5. The number of amides is 1. The van der Waals surface area contributed by atoms with Crippen LogP contribution in [0.15, 0.2) is 24.5 Å². The zero-order chi connectivity index (χ0) is 19.1. The van der Waals surface area contributed by atoms with Gasteiger partial charge in [0.1, 0.15) is 5.69 Å². The topological polar surface area (TPSA) is 85.2 Å². The van der Waals surface area contributed by atoms with Crippen molar-refractivity contribution < 1.29 is 9.53 Å². The Morgan fingerprint density at radius 2 is 2.19 bits per heavy atom. The monoisotopic (exact) mass is 372 g/mol. The van der Waals surface area contributed by atoms with Crippen LogP contribution in [0.2, 0.25) is 0 Å². The van der Waals surface area contributed by atoms with Crippen LogP contribution in [0.4, 0.5) is 5.95 Å². The van der Waals surface area contributed by atoms with Gasteiger partial charge in [-0.25, -0.2) is 9.97 Å². The van der Waals surface area contributed by atoms with E-state index in [4.69, 9.17) is 4.74 Å². The minimum absolute atomic E-state index is 0.0832. The third-order valence-corrected chi connectivity index (χ3v) is 4.69.